The van der Waals surface area contributed by atoms with Gasteiger partial charge in [0.15, 0.2) is 0 Å². The van der Waals surface area contributed by atoms with E-state index >= 15 is 0 Å². The highest BCUT2D eigenvalue weighted by molar-refractivity contribution is 5.87. The second-order valence-electron chi connectivity index (χ2n) is 11.1. The lowest BCUT2D eigenvalue weighted by Crippen LogP contribution is -2.06. The van der Waals surface area contributed by atoms with Crippen LogP contribution in [-0.2, 0) is 0 Å². The Morgan fingerprint density at radius 1 is 0.829 bits per heavy atom. The van der Waals surface area contributed by atoms with Crippen molar-refractivity contribution in [2.45, 2.75) is 84.5 Å². The minimum atomic E-state index is -0.879. The molecule has 0 radical (unpaired) electrons. The zero-order chi connectivity index (χ0) is 29.3. The molecule has 4 rings (SSSR count). The average molecular weight is 553 g/mol. The van der Waals surface area contributed by atoms with Crippen molar-refractivity contribution < 1.29 is 14.6 Å². The van der Waals surface area contributed by atoms with Gasteiger partial charge in [0.05, 0.1) is 12.2 Å². The molecule has 1 aliphatic carbocycles. The fourth-order valence-corrected chi connectivity index (χ4v) is 5.28. The molecular formula is C38H48O3. The third kappa shape index (κ3) is 11.1. The Morgan fingerprint density at radius 3 is 2.00 bits per heavy atom. The zero-order valence-electron chi connectivity index (χ0n) is 25.1. The van der Waals surface area contributed by atoms with Gasteiger partial charge in [-0.05, 0) is 85.1 Å². The summed E-state index contributed by atoms with van der Waals surface area (Å²) in [7, 11) is 0. The first kappa shape index (κ1) is 31.9. The molecule has 41 heavy (non-hydrogen) atoms. The smallest absolute Gasteiger partial charge is 0.335 e. The first-order chi connectivity index (χ1) is 20.0. The molecular weight excluding hydrogens is 504 g/mol. The van der Waals surface area contributed by atoms with E-state index in [-0.39, 0.29) is 0 Å². The van der Waals surface area contributed by atoms with E-state index in [2.05, 4.69) is 75.0 Å². The summed E-state index contributed by atoms with van der Waals surface area (Å²) >= 11 is 0. The Hall–Kier alpha value is -3.59. The van der Waals surface area contributed by atoms with Crippen molar-refractivity contribution in [1.29, 1.82) is 0 Å². The molecule has 0 amide bonds. The summed E-state index contributed by atoms with van der Waals surface area (Å²) in [5, 5.41) is 8.38. The van der Waals surface area contributed by atoms with Gasteiger partial charge in [-0.2, -0.15) is 0 Å². The van der Waals surface area contributed by atoms with E-state index in [0.717, 1.165) is 31.6 Å². The van der Waals surface area contributed by atoms with Crippen molar-refractivity contribution >= 4 is 11.5 Å². The Kier molecular flexibility index (Phi) is 14.0. The first-order valence-electron chi connectivity index (χ1n) is 15.4. The standard InChI is InChI=1S/C31H42O.C7H6O2/c1-4-5-6-7-8-9-10-13-24-32-29-22-20-28(21-23-29)31-15-12-11-14-30(31)27-18-16-26(17-19-27)25(2)3;8-7(9)6-4-2-1-3-5-6/h11-12,14-15,18,20-23,26H,2,4-10,13,16-17,19,24H2,1,3H3;1-5H,(H,8,9)/t26-;/m1./s1. The van der Waals surface area contributed by atoms with Gasteiger partial charge in [-0.15, -0.1) is 0 Å². The quantitative estimate of drug-likeness (QED) is 0.160. The first-order valence-corrected chi connectivity index (χ1v) is 15.4. The van der Waals surface area contributed by atoms with Crippen molar-refractivity contribution in [3.8, 4) is 16.9 Å². The van der Waals surface area contributed by atoms with Crippen LogP contribution in [0.4, 0.5) is 0 Å². The summed E-state index contributed by atoms with van der Waals surface area (Å²) in [6.07, 6.45) is 16.5. The van der Waals surface area contributed by atoms with Gasteiger partial charge in [-0.1, -0.05) is 125 Å². The van der Waals surface area contributed by atoms with Crippen molar-refractivity contribution in [1.82, 2.24) is 0 Å². The number of allylic oxidation sites excluding steroid dienone is 3. The van der Waals surface area contributed by atoms with Crippen molar-refractivity contribution in [2.75, 3.05) is 6.61 Å². The van der Waals surface area contributed by atoms with Crippen LogP contribution in [0.25, 0.3) is 16.7 Å². The number of benzene rings is 3. The summed E-state index contributed by atoms with van der Waals surface area (Å²) in [6, 6.07) is 25.8. The maximum Gasteiger partial charge on any atom is 0.335 e. The van der Waals surface area contributed by atoms with Gasteiger partial charge in [0, 0.05) is 0 Å². The van der Waals surface area contributed by atoms with Gasteiger partial charge >= 0.3 is 5.97 Å². The summed E-state index contributed by atoms with van der Waals surface area (Å²) in [5.74, 6) is 0.745. The Bertz CT molecular complexity index is 1220. The molecule has 3 aromatic carbocycles. The normalized spacial score (nSPS) is 14.4. The zero-order valence-corrected chi connectivity index (χ0v) is 25.1. The molecule has 0 heterocycles. The van der Waals surface area contributed by atoms with Crippen LogP contribution in [0.15, 0.2) is 97.1 Å². The van der Waals surface area contributed by atoms with Crippen molar-refractivity contribution in [2.24, 2.45) is 5.92 Å². The van der Waals surface area contributed by atoms with Gasteiger partial charge in [0.1, 0.15) is 5.75 Å². The topological polar surface area (TPSA) is 46.5 Å². The van der Waals surface area contributed by atoms with Crippen LogP contribution in [0, 0.1) is 5.92 Å². The highest BCUT2D eigenvalue weighted by atomic mass is 16.5. The largest absolute Gasteiger partial charge is 0.494 e. The Labute approximate surface area is 248 Å². The van der Waals surface area contributed by atoms with E-state index in [1.54, 1.807) is 30.3 Å². The van der Waals surface area contributed by atoms with Crippen molar-refractivity contribution in [3.05, 3.63) is 108 Å². The number of rotatable bonds is 14. The second-order valence-corrected chi connectivity index (χ2v) is 11.1. The fraction of sp³-hybridized carbons (Fsp3) is 0.395. The number of aromatic carboxylic acids is 1. The molecule has 3 heteroatoms. The molecule has 1 N–H and O–H groups in total. The van der Waals surface area contributed by atoms with Gasteiger partial charge in [-0.3, -0.25) is 0 Å². The monoisotopic (exact) mass is 552 g/mol. The molecule has 0 aromatic heterocycles. The van der Waals surface area contributed by atoms with Gasteiger partial charge in [-0.25, -0.2) is 4.79 Å². The van der Waals surface area contributed by atoms with Gasteiger partial charge < -0.3 is 9.84 Å². The minimum Gasteiger partial charge on any atom is -0.494 e. The molecule has 3 nitrogen and oxygen atoms in total. The molecule has 0 aliphatic heterocycles. The number of carboxylic acids is 1. The van der Waals surface area contributed by atoms with E-state index < -0.39 is 5.97 Å². The number of unbranched alkanes of at least 4 members (excludes halogenated alkanes) is 7. The second kappa shape index (κ2) is 18.0. The van der Waals surface area contributed by atoms with E-state index in [1.165, 1.54) is 79.2 Å². The Balaban J connectivity index is 0.000000436. The van der Waals surface area contributed by atoms with E-state index in [1.807, 2.05) is 0 Å². The highest BCUT2D eigenvalue weighted by Gasteiger charge is 2.18. The van der Waals surface area contributed by atoms with Crippen LogP contribution >= 0.6 is 0 Å². The van der Waals surface area contributed by atoms with Crippen LogP contribution in [0.5, 0.6) is 5.75 Å². The van der Waals surface area contributed by atoms with Crippen molar-refractivity contribution in [3.63, 3.8) is 0 Å². The summed E-state index contributed by atoms with van der Waals surface area (Å²) in [4.78, 5) is 10.2. The number of carbonyl (C=O) groups is 1. The lowest BCUT2D eigenvalue weighted by atomic mass is 9.82. The third-order valence-electron chi connectivity index (χ3n) is 7.83. The van der Waals surface area contributed by atoms with Crippen LogP contribution in [0.3, 0.4) is 0 Å². The average Bonchev–Trinajstić information content (AvgIpc) is 3.01. The van der Waals surface area contributed by atoms with E-state index in [0.29, 0.717) is 11.5 Å². The number of hydrogen-bond acceptors (Lipinski definition) is 2. The molecule has 0 saturated heterocycles. The van der Waals surface area contributed by atoms with Gasteiger partial charge in [0.25, 0.3) is 0 Å². The minimum absolute atomic E-state index is 0.331. The fourth-order valence-electron chi connectivity index (χ4n) is 5.28. The summed E-state index contributed by atoms with van der Waals surface area (Å²) < 4.78 is 6.00. The maximum atomic E-state index is 10.2. The molecule has 1 aliphatic rings. The predicted molar refractivity (Wildman–Crippen MR) is 174 cm³/mol. The van der Waals surface area contributed by atoms with Crippen LogP contribution in [0.2, 0.25) is 0 Å². The van der Waals surface area contributed by atoms with Crippen LogP contribution in [0.1, 0.15) is 100 Å². The summed E-state index contributed by atoms with van der Waals surface area (Å²) in [6.45, 7) is 9.42. The molecule has 1 atom stereocenters. The molecule has 0 unspecified atom stereocenters. The number of ether oxygens (including phenoxy) is 1. The predicted octanol–water partition coefficient (Wildman–Crippen LogP) is 11.0. The highest BCUT2D eigenvalue weighted by Crippen LogP contribution is 2.37. The van der Waals surface area contributed by atoms with Gasteiger partial charge in [0.2, 0.25) is 0 Å². The molecule has 0 saturated carbocycles. The maximum absolute atomic E-state index is 10.2. The lowest BCUT2D eigenvalue weighted by Gasteiger charge is -2.23. The number of carboxylic acid groups (broad SMARTS) is 1. The lowest BCUT2D eigenvalue weighted by molar-refractivity contribution is 0.0697. The Morgan fingerprint density at radius 2 is 1.44 bits per heavy atom. The summed E-state index contributed by atoms with van der Waals surface area (Å²) in [5.41, 5.74) is 7.09. The molecule has 0 bridgehead atoms. The number of hydrogen-bond donors (Lipinski definition) is 1. The molecule has 0 spiro atoms. The van der Waals surface area contributed by atoms with E-state index in [9.17, 15) is 4.79 Å². The molecule has 3 aromatic rings. The van der Waals surface area contributed by atoms with Crippen LogP contribution in [-0.4, -0.2) is 17.7 Å². The van der Waals surface area contributed by atoms with Crippen LogP contribution < -0.4 is 4.74 Å². The SMILES string of the molecule is C=C(C)[C@@H]1CC=C(c2ccccc2-c2ccc(OCCCCCCCCCC)cc2)CC1.O=C(O)c1ccccc1. The van der Waals surface area contributed by atoms with E-state index in [4.69, 9.17) is 9.84 Å². The molecule has 0 fully saturated rings. The molecule has 218 valence electrons. The third-order valence-corrected chi connectivity index (χ3v) is 7.83.